The minimum Gasteiger partial charge on any atom is -0.395 e. The third-order valence-electron chi connectivity index (χ3n) is 2.27. The number of hydrogen-bond acceptors (Lipinski definition) is 4. The first-order chi connectivity index (χ1) is 5.79. The van der Waals surface area contributed by atoms with Crippen LogP contribution in [0.1, 0.15) is 0 Å². The lowest BCUT2D eigenvalue weighted by Crippen LogP contribution is -2.47. The van der Waals surface area contributed by atoms with E-state index >= 15 is 0 Å². The van der Waals surface area contributed by atoms with Crippen molar-refractivity contribution in [2.45, 2.75) is 6.04 Å². The SMILES string of the molecule is CN1CCOCC1C(C#N)CO. The Hall–Kier alpha value is -0.630. The third-order valence-corrected chi connectivity index (χ3v) is 2.27. The van der Waals surface area contributed by atoms with Crippen molar-refractivity contribution in [3.8, 4) is 6.07 Å². The van der Waals surface area contributed by atoms with Gasteiger partial charge in [0, 0.05) is 6.54 Å². The van der Waals surface area contributed by atoms with Crippen LogP contribution in [0.15, 0.2) is 0 Å². The van der Waals surface area contributed by atoms with Crippen LogP contribution in [0.4, 0.5) is 0 Å². The molecule has 0 spiro atoms. The average molecular weight is 170 g/mol. The monoisotopic (exact) mass is 170 g/mol. The predicted molar refractivity (Wildman–Crippen MR) is 43.4 cm³/mol. The Morgan fingerprint density at radius 2 is 2.58 bits per heavy atom. The fraction of sp³-hybridized carbons (Fsp3) is 0.875. The molecule has 4 nitrogen and oxygen atoms in total. The van der Waals surface area contributed by atoms with E-state index in [-0.39, 0.29) is 18.6 Å². The van der Waals surface area contributed by atoms with E-state index in [4.69, 9.17) is 15.1 Å². The van der Waals surface area contributed by atoms with Gasteiger partial charge < -0.3 is 9.84 Å². The molecule has 0 aromatic heterocycles. The Kier molecular flexibility index (Phi) is 3.48. The van der Waals surface area contributed by atoms with Crippen LogP contribution >= 0.6 is 0 Å². The van der Waals surface area contributed by atoms with E-state index in [0.717, 1.165) is 13.2 Å². The van der Waals surface area contributed by atoms with Gasteiger partial charge in [-0.1, -0.05) is 0 Å². The van der Waals surface area contributed by atoms with Crippen molar-refractivity contribution in [1.29, 1.82) is 5.26 Å². The zero-order valence-corrected chi connectivity index (χ0v) is 7.23. The van der Waals surface area contributed by atoms with Crippen LogP contribution in [0.5, 0.6) is 0 Å². The highest BCUT2D eigenvalue weighted by Gasteiger charge is 2.27. The first-order valence-corrected chi connectivity index (χ1v) is 4.08. The second-order valence-corrected chi connectivity index (χ2v) is 3.04. The van der Waals surface area contributed by atoms with Gasteiger partial charge in [-0.3, -0.25) is 4.90 Å². The molecular weight excluding hydrogens is 156 g/mol. The van der Waals surface area contributed by atoms with Gasteiger partial charge in [0.15, 0.2) is 0 Å². The topological polar surface area (TPSA) is 56.5 Å². The molecule has 1 aliphatic heterocycles. The Balaban J connectivity index is 2.53. The summed E-state index contributed by atoms with van der Waals surface area (Å²) in [6.45, 7) is 2.02. The van der Waals surface area contributed by atoms with E-state index in [9.17, 15) is 0 Å². The van der Waals surface area contributed by atoms with E-state index in [0.29, 0.717) is 6.61 Å². The highest BCUT2D eigenvalue weighted by Crippen LogP contribution is 2.12. The van der Waals surface area contributed by atoms with Crippen molar-refractivity contribution in [2.24, 2.45) is 5.92 Å². The van der Waals surface area contributed by atoms with Gasteiger partial charge in [0.05, 0.1) is 37.8 Å². The highest BCUT2D eigenvalue weighted by atomic mass is 16.5. The maximum absolute atomic E-state index is 8.89. The summed E-state index contributed by atoms with van der Waals surface area (Å²) in [6.07, 6.45) is 0. The molecule has 2 unspecified atom stereocenters. The second kappa shape index (κ2) is 4.41. The average Bonchev–Trinajstić information content (AvgIpc) is 2.10. The third kappa shape index (κ3) is 1.95. The molecule has 0 aromatic rings. The van der Waals surface area contributed by atoms with Gasteiger partial charge in [-0.05, 0) is 7.05 Å². The summed E-state index contributed by atoms with van der Waals surface area (Å²) in [5.41, 5.74) is 0. The smallest absolute Gasteiger partial charge is 0.0871 e. The zero-order valence-electron chi connectivity index (χ0n) is 7.23. The zero-order chi connectivity index (χ0) is 8.97. The Morgan fingerprint density at radius 1 is 1.83 bits per heavy atom. The lowest BCUT2D eigenvalue weighted by molar-refractivity contribution is -0.0164. The molecule has 0 amide bonds. The number of aliphatic hydroxyl groups is 1. The molecule has 1 fully saturated rings. The molecule has 1 aliphatic rings. The van der Waals surface area contributed by atoms with Crippen molar-refractivity contribution in [3.05, 3.63) is 0 Å². The summed E-state index contributed by atoms with van der Waals surface area (Å²) < 4.78 is 5.23. The van der Waals surface area contributed by atoms with E-state index in [2.05, 4.69) is 11.0 Å². The molecule has 1 heterocycles. The van der Waals surface area contributed by atoms with E-state index < -0.39 is 0 Å². The first-order valence-electron chi connectivity index (χ1n) is 4.08. The largest absolute Gasteiger partial charge is 0.395 e. The molecule has 0 saturated carbocycles. The van der Waals surface area contributed by atoms with Gasteiger partial charge in [-0.15, -0.1) is 0 Å². The van der Waals surface area contributed by atoms with Crippen LogP contribution in [-0.4, -0.2) is 49.5 Å². The number of morpholine rings is 1. The van der Waals surface area contributed by atoms with Crippen LogP contribution in [-0.2, 0) is 4.74 Å². The minimum atomic E-state index is -0.324. The number of nitrogens with zero attached hydrogens (tertiary/aromatic N) is 2. The van der Waals surface area contributed by atoms with E-state index in [1.54, 1.807) is 0 Å². The van der Waals surface area contributed by atoms with Gasteiger partial charge >= 0.3 is 0 Å². The fourth-order valence-corrected chi connectivity index (χ4v) is 1.38. The molecule has 1 N–H and O–H groups in total. The summed E-state index contributed by atoms with van der Waals surface area (Å²) >= 11 is 0. The number of nitriles is 1. The molecule has 4 heteroatoms. The van der Waals surface area contributed by atoms with Crippen LogP contribution in [0.25, 0.3) is 0 Å². The number of hydrogen-bond donors (Lipinski definition) is 1. The summed E-state index contributed by atoms with van der Waals surface area (Å²) in [6, 6.07) is 2.13. The second-order valence-electron chi connectivity index (χ2n) is 3.04. The van der Waals surface area contributed by atoms with E-state index in [1.807, 2.05) is 7.05 Å². The highest BCUT2D eigenvalue weighted by molar-refractivity contribution is 4.93. The lowest BCUT2D eigenvalue weighted by atomic mass is 10.0. The molecule has 0 aliphatic carbocycles. The maximum Gasteiger partial charge on any atom is 0.0871 e. The quantitative estimate of drug-likeness (QED) is 0.604. The van der Waals surface area contributed by atoms with E-state index in [1.165, 1.54) is 0 Å². The predicted octanol–water partition coefficient (Wildman–Crippen LogP) is -0.551. The van der Waals surface area contributed by atoms with Gasteiger partial charge in [0.25, 0.3) is 0 Å². The fourth-order valence-electron chi connectivity index (χ4n) is 1.38. The number of aliphatic hydroxyl groups excluding tert-OH is 1. The summed E-state index contributed by atoms with van der Waals surface area (Å²) in [5, 5.41) is 17.6. The summed E-state index contributed by atoms with van der Waals surface area (Å²) in [4.78, 5) is 2.06. The summed E-state index contributed by atoms with van der Waals surface area (Å²) in [5.74, 6) is -0.324. The van der Waals surface area contributed by atoms with Crippen LogP contribution < -0.4 is 0 Å². The summed E-state index contributed by atoms with van der Waals surface area (Å²) in [7, 11) is 1.95. The molecule has 68 valence electrons. The van der Waals surface area contributed by atoms with Gasteiger partial charge in [-0.2, -0.15) is 5.26 Å². The molecule has 0 radical (unpaired) electrons. The van der Waals surface area contributed by atoms with Crippen molar-refractivity contribution in [3.63, 3.8) is 0 Å². The van der Waals surface area contributed by atoms with Crippen molar-refractivity contribution < 1.29 is 9.84 Å². The molecular formula is C8H14N2O2. The molecule has 1 saturated heterocycles. The molecule has 0 aromatic carbocycles. The Bertz CT molecular complexity index is 178. The normalized spacial score (nSPS) is 27.9. The molecule has 0 bridgehead atoms. The number of ether oxygens (including phenoxy) is 1. The van der Waals surface area contributed by atoms with Crippen LogP contribution in [0, 0.1) is 17.2 Å². The van der Waals surface area contributed by atoms with Gasteiger partial charge in [0.1, 0.15) is 0 Å². The van der Waals surface area contributed by atoms with Crippen LogP contribution in [0.3, 0.4) is 0 Å². The van der Waals surface area contributed by atoms with Crippen molar-refractivity contribution in [2.75, 3.05) is 33.4 Å². The van der Waals surface area contributed by atoms with Crippen molar-refractivity contribution >= 4 is 0 Å². The minimum absolute atomic E-state index is 0.0498. The van der Waals surface area contributed by atoms with Gasteiger partial charge in [-0.25, -0.2) is 0 Å². The van der Waals surface area contributed by atoms with Crippen molar-refractivity contribution in [1.82, 2.24) is 4.90 Å². The first kappa shape index (κ1) is 9.46. The standard InChI is InChI=1S/C8H14N2O2/c1-10-2-3-12-6-8(10)7(4-9)5-11/h7-8,11H,2-3,5-6H2,1H3. The Morgan fingerprint density at radius 3 is 3.08 bits per heavy atom. The number of likely N-dealkylation sites (N-methyl/N-ethyl adjacent to an activating group) is 1. The molecule has 2 atom stereocenters. The van der Waals surface area contributed by atoms with Crippen LogP contribution in [0.2, 0.25) is 0 Å². The molecule has 12 heavy (non-hydrogen) atoms. The maximum atomic E-state index is 8.89. The molecule has 1 rings (SSSR count). The lowest BCUT2D eigenvalue weighted by Gasteiger charge is -2.34. The number of rotatable bonds is 2. The van der Waals surface area contributed by atoms with Gasteiger partial charge in [0.2, 0.25) is 0 Å². The Labute approximate surface area is 72.3 Å².